The number of ketones is 1. The van der Waals surface area contributed by atoms with Crippen molar-refractivity contribution in [2.45, 2.75) is 90.0 Å². The van der Waals surface area contributed by atoms with Crippen molar-refractivity contribution in [1.82, 2.24) is 16.0 Å². The minimum Gasteiger partial charge on any atom is -0.481 e. The monoisotopic (exact) mass is 677 g/mol. The molecule has 0 spiro atoms. The molecule has 0 heterocycles. The van der Waals surface area contributed by atoms with Crippen LogP contribution in [0.2, 0.25) is 0 Å². The van der Waals surface area contributed by atoms with E-state index in [0.29, 0.717) is 64.6 Å². The lowest BCUT2D eigenvalue weighted by molar-refractivity contribution is -0.137. The molecule has 0 rings (SSSR count). The van der Waals surface area contributed by atoms with Crippen molar-refractivity contribution in [2.24, 2.45) is 22.2 Å². The van der Waals surface area contributed by atoms with E-state index in [-0.39, 0.29) is 36.6 Å². The van der Waals surface area contributed by atoms with Gasteiger partial charge in [0.05, 0.1) is 31.6 Å². The van der Waals surface area contributed by atoms with Crippen LogP contribution >= 0.6 is 11.8 Å². The molecular weight excluding hydrogens is 618 g/mol. The van der Waals surface area contributed by atoms with Gasteiger partial charge in [-0.3, -0.25) is 29.0 Å². The van der Waals surface area contributed by atoms with E-state index in [1.165, 1.54) is 18.7 Å². The fourth-order valence-corrected chi connectivity index (χ4v) is 4.42. The number of ether oxygens (including phenoxy) is 2. The Bertz CT molecular complexity index is 833. The minimum absolute atomic E-state index is 0.0340. The first kappa shape index (κ1) is 45.2. The number of carbonyl (C=O) groups excluding carboxylic acids is 4. The van der Waals surface area contributed by atoms with Crippen molar-refractivity contribution in [3.05, 3.63) is 0 Å². The van der Waals surface area contributed by atoms with Gasteiger partial charge in [0, 0.05) is 38.4 Å². The van der Waals surface area contributed by atoms with Gasteiger partial charge in [0.1, 0.15) is 6.61 Å². The fraction of sp³-hybridized carbons (Fsp3) is 0.800. The molecule has 0 aromatic carbocycles. The number of thioether (sulfide) groups is 1. The maximum absolute atomic E-state index is 11.6. The van der Waals surface area contributed by atoms with Crippen LogP contribution in [0.15, 0.2) is 4.99 Å². The van der Waals surface area contributed by atoms with Crippen molar-refractivity contribution in [3.63, 3.8) is 0 Å². The summed E-state index contributed by atoms with van der Waals surface area (Å²) in [4.78, 5) is 58.8. The van der Waals surface area contributed by atoms with Crippen molar-refractivity contribution in [1.29, 1.82) is 0 Å². The van der Waals surface area contributed by atoms with E-state index < -0.39 is 12.0 Å². The highest BCUT2D eigenvalue weighted by Gasteiger charge is 2.16. The Labute approximate surface area is 278 Å². The van der Waals surface area contributed by atoms with Crippen molar-refractivity contribution in [2.75, 3.05) is 64.1 Å². The molecule has 0 aromatic heterocycles. The molecule has 0 aliphatic carbocycles. The predicted octanol–water partition coefficient (Wildman–Crippen LogP) is 0.673. The standard InChI is InChI=1S/C18H34N2O6.C12H25N5O2S/c21-16-19-11-12-25-13-14-26-15-17(22)20-10-8-6-4-2-1-3-5-7-9-18(23)24;1-9(18)10(4-2-3-6-16-12(14)15)17-11(19)8-20-7-5-13/h16H,1-15H2,(H,19,21)(H,20,22)(H,23,24);10H,2-8,13H2,1H3,(H,17,19)(H4,14,15,16). The number of Topliss-reactive ketones (excluding diaryl/α,β-unsaturated/α-hetero) is 1. The van der Waals surface area contributed by atoms with Gasteiger partial charge in [0.2, 0.25) is 18.2 Å². The smallest absolute Gasteiger partial charge is 0.303 e. The highest BCUT2D eigenvalue weighted by molar-refractivity contribution is 7.99. The van der Waals surface area contributed by atoms with Gasteiger partial charge < -0.3 is 47.7 Å². The molecule has 1 atom stereocenters. The largest absolute Gasteiger partial charge is 0.481 e. The van der Waals surface area contributed by atoms with E-state index in [4.69, 9.17) is 31.8 Å². The third-order valence-corrected chi connectivity index (χ3v) is 7.23. The van der Waals surface area contributed by atoms with Crippen LogP contribution < -0.4 is 33.2 Å². The van der Waals surface area contributed by atoms with E-state index in [1.807, 2.05) is 0 Å². The van der Waals surface area contributed by atoms with Crippen LogP contribution in [0.5, 0.6) is 0 Å². The number of nitrogens with one attached hydrogen (secondary N) is 3. The molecule has 0 aliphatic heterocycles. The molecule has 0 saturated heterocycles. The first-order valence-corrected chi connectivity index (χ1v) is 17.2. The fourth-order valence-electron chi connectivity index (χ4n) is 3.85. The number of carbonyl (C=O) groups is 5. The number of guanidine groups is 1. The Morgan fingerprint density at radius 3 is 2.13 bits per heavy atom. The Hall–Kier alpha value is -2.95. The Kier molecular flexibility index (Phi) is 34.3. The zero-order valence-corrected chi connectivity index (χ0v) is 28.4. The van der Waals surface area contributed by atoms with Crippen molar-refractivity contribution in [3.8, 4) is 0 Å². The van der Waals surface area contributed by atoms with E-state index >= 15 is 0 Å². The van der Waals surface area contributed by atoms with Crippen molar-refractivity contribution >= 4 is 47.7 Å². The number of unbranched alkanes of at least 4 members (excludes halogenated alkanes) is 8. The highest BCUT2D eigenvalue weighted by Crippen LogP contribution is 2.09. The summed E-state index contributed by atoms with van der Waals surface area (Å²) in [5, 5.41) is 16.6. The van der Waals surface area contributed by atoms with E-state index in [1.54, 1.807) is 0 Å². The number of hydrogen-bond donors (Lipinski definition) is 7. The maximum Gasteiger partial charge on any atom is 0.303 e. The number of aliphatic imine (C=N–C) groups is 1. The summed E-state index contributed by atoms with van der Waals surface area (Å²) in [7, 11) is 0. The predicted molar refractivity (Wildman–Crippen MR) is 181 cm³/mol. The third kappa shape index (κ3) is 37.2. The Morgan fingerprint density at radius 2 is 1.52 bits per heavy atom. The number of carboxylic acids is 1. The zero-order valence-electron chi connectivity index (χ0n) is 27.6. The summed E-state index contributed by atoms with van der Waals surface area (Å²) in [6.45, 7) is 4.89. The van der Waals surface area contributed by atoms with Gasteiger partial charge in [-0.05, 0) is 39.0 Å². The molecule has 15 nitrogen and oxygen atoms in total. The first-order valence-electron chi connectivity index (χ1n) is 16.1. The third-order valence-electron chi connectivity index (χ3n) is 6.24. The number of nitrogens with zero attached hydrogens (tertiary/aromatic N) is 1. The number of hydrogen-bond acceptors (Lipinski definition) is 10. The summed E-state index contributed by atoms with van der Waals surface area (Å²) in [6, 6.07) is -0.430. The van der Waals surface area contributed by atoms with Gasteiger partial charge in [-0.1, -0.05) is 38.5 Å². The van der Waals surface area contributed by atoms with Crippen LogP contribution in [0.4, 0.5) is 0 Å². The molecule has 10 N–H and O–H groups in total. The molecule has 0 radical (unpaired) electrons. The van der Waals surface area contributed by atoms with Gasteiger partial charge in [-0.2, -0.15) is 11.8 Å². The Balaban J connectivity index is 0. The van der Waals surface area contributed by atoms with E-state index in [2.05, 4.69) is 20.9 Å². The van der Waals surface area contributed by atoms with Gasteiger partial charge in [-0.25, -0.2) is 0 Å². The Morgan fingerprint density at radius 1 is 0.870 bits per heavy atom. The zero-order chi connectivity index (χ0) is 34.7. The lowest BCUT2D eigenvalue weighted by Crippen LogP contribution is -2.40. The highest BCUT2D eigenvalue weighted by atomic mass is 32.2. The summed E-state index contributed by atoms with van der Waals surface area (Å²) in [5.41, 5.74) is 15.8. The molecule has 0 bridgehead atoms. The SMILES string of the molecule is CC(=O)C(CCCCN=C(N)N)NC(=O)CSCCN.O=CNCCOCCOCC(=O)NCCCCCCCCCCC(=O)O. The molecule has 46 heavy (non-hydrogen) atoms. The number of carboxylic acid groups (broad SMARTS) is 1. The molecular formula is C30H59N7O8S. The van der Waals surface area contributed by atoms with Gasteiger partial charge in [0.15, 0.2) is 11.7 Å². The summed E-state index contributed by atoms with van der Waals surface area (Å²) >= 11 is 1.46. The van der Waals surface area contributed by atoms with Crippen LogP contribution in [0.1, 0.15) is 84.0 Å². The number of rotatable bonds is 31. The van der Waals surface area contributed by atoms with E-state index in [9.17, 15) is 24.0 Å². The van der Waals surface area contributed by atoms with Gasteiger partial charge in [0.25, 0.3) is 0 Å². The van der Waals surface area contributed by atoms with Crippen LogP contribution in [0.25, 0.3) is 0 Å². The second-order valence-corrected chi connectivity index (χ2v) is 11.5. The molecule has 3 amide bonds. The average Bonchev–Trinajstić information content (AvgIpc) is 3.00. The van der Waals surface area contributed by atoms with Gasteiger partial charge in [-0.15, -0.1) is 0 Å². The molecule has 16 heteroatoms. The quantitative estimate of drug-likeness (QED) is 0.0231. The molecule has 268 valence electrons. The minimum atomic E-state index is -0.714. The van der Waals surface area contributed by atoms with Gasteiger partial charge >= 0.3 is 5.97 Å². The number of aliphatic carboxylic acids is 1. The lowest BCUT2D eigenvalue weighted by Gasteiger charge is -2.15. The summed E-state index contributed by atoms with van der Waals surface area (Å²) < 4.78 is 10.4. The molecule has 1 unspecified atom stereocenters. The molecule has 0 fully saturated rings. The summed E-state index contributed by atoms with van der Waals surface area (Å²) in [6.07, 6.45) is 11.4. The lowest BCUT2D eigenvalue weighted by atomic mass is 10.1. The van der Waals surface area contributed by atoms with Crippen LogP contribution in [-0.4, -0.2) is 111 Å². The maximum atomic E-state index is 11.6. The second-order valence-electron chi connectivity index (χ2n) is 10.4. The van der Waals surface area contributed by atoms with Crippen molar-refractivity contribution < 1.29 is 38.6 Å². The summed E-state index contributed by atoms with van der Waals surface area (Å²) in [5.74, 6) is 0.127. The molecule has 0 aliphatic rings. The van der Waals surface area contributed by atoms with E-state index in [0.717, 1.165) is 70.0 Å². The number of amides is 3. The topological polar surface area (TPSA) is 251 Å². The van der Waals surface area contributed by atoms with Crippen LogP contribution in [-0.2, 0) is 33.4 Å². The average molecular weight is 678 g/mol. The normalized spacial score (nSPS) is 11.0. The number of nitrogens with two attached hydrogens (primary N) is 3. The molecule has 0 saturated carbocycles. The van der Waals surface area contributed by atoms with Crippen LogP contribution in [0, 0.1) is 0 Å². The first-order chi connectivity index (χ1) is 22.1. The molecule has 0 aromatic rings. The van der Waals surface area contributed by atoms with Crippen LogP contribution in [0.3, 0.4) is 0 Å². The second kappa shape index (κ2) is 34.9.